The van der Waals surface area contributed by atoms with Gasteiger partial charge in [-0.1, -0.05) is 22.0 Å². The number of amides is 1. The summed E-state index contributed by atoms with van der Waals surface area (Å²) in [6.07, 6.45) is 0. The molecule has 0 aromatic heterocycles. The van der Waals surface area contributed by atoms with Crippen LogP contribution in [0.4, 0.5) is 0 Å². The van der Waals surface area contributed by atoms with Crippen LogP contribution >= 0.6 is 15.9 Å². The van der Waals surface area contributed by atoms with Crippen molar-refractivity contribution in [2.24, 2.45) is 0 Å². The van der Waals surface area contributed by atoms with Gasteiger partial charge in [0, 0.05) is 10.0 Å². The first-order valence-electron chi connectivity index (χ1n) is 5.85. The molecule has 0 heterocycles. The van der Waals surface area contributed by atoms with Gasteiger partial charge in [-0.15, -0.1) is 0 Å². The van der Waals surface area contributed by atoms with E-state index in [4.69, 9.17) is 0 Å². The van der Waals surface area contributed by atoms with Crippen molar-refractivity contribution >= 4 is 31.7 Å². The van der Waals surface area contributed by atoms with Crippen LogP contribution < -0.4 is 5.32 Å². The fourth-order valence-corrected chi connectivity index (χ4v) is 3.32. The summed E-state index contributed by atoms with van der Waals surface area (Å²) >= 11 is 3.22. The van der Waals surface area contributed by atoms with Crippen LogP contribution in [-0.2, 0) is 14.6 Å². The largest absolute Gasteiger partial charge is 0.350 e. The van der Waals surface area contributed by atoms with Gasteiger partial charge in [0.1, 0.15) is 5.25 Å². The topological polar surface area (TPSA) is 63.2 Å². The Labute approximate surface area is 122 Å². The summed E-state index contributed by atoms with van der Waals surface area (Å²) in [6, 6.07) is 6.35. The highest BCUT2D eigenvalue weighted by Crippen LogP contribution is 2.20. The molecule has 1 atom stereocenters. The maximum atomic E-state index is 12.3. The zero-order valence-electron chi connectivity index (χ0n) is 11.4. The Bertz CT molecular complexity index is 576. The predicted molar refractivity (Wildman–Crippen MR) is 78.7 cm³/mol. The molecule has 1 unspecified atom stereocenters. The van der Waals surface area contributed by atoms with E-state index >= 15 is 0 Å². The maximum Gasteiger partial charge on any atom is 0.238 e. The monoisotopic (exact) mass is 347 g/mol. The molecule has 0 fully saturated rings. The SMILES string of the molecule is CC(C(=O)NC(C)(C)C)S(=O)(=O)c1cccc(Br)c1. The number of carbonyl (C=O) groups is 1. The summed E-state index contributed by atoms with van der Waals surface area (Å²) in [5, 5.41) is 1.56. The van der Waals surface area contributed by atoms with Gasteiger partial charge < -0.3 is 5.32 Å². The van der Waals surface area contributed by atoms with Gasteiger partial charge in [0.15, 0.2) is 9.84 Å². The van der Waals surface area contributed by atoms with Crippen LogP contribution in [0.1, 0.15) is 27.7 Å². The van der Waals surface area contributed by atoms with Gasteiger partial charge >= 0.3 is 0 Å². The predicted octanol–water partition coefficient (Wildman–Crippen LogP) is 2.53. The van der Waals surface area contributed by atoms with E-state index in [1.165, 1.54) is 19.1 Å². The molecule has 19 heavy (non-hydrogen) atoms. The molecule has 1 aromatic carbocycles. The van der Waals surface area contributed by atoms with Crippen LogP contribution in [0.3, 0.4) is 0 Å². The first-order valence-corrected chi connectivity index (χ1v) is 8.19. The van der Waals surface area contributed by atoms with Gasteiger partial charge in [-0.2, -0.15) is 0 Å². The fourth-order valence-electron chi connectivity index (χ4n) is 1.46. The number of rotatable bonds is 3. The smallest absolute Gasteiger partial charge is 0.238 e. The summed E-state index contributed by atoms with van der Waals surface area (Å²) in [6.45, 7) is 6.83. The molecule has 1 N–H and O–H groups in total. The normalized spacial score (nSPS) is 13.9. The van der Waals surface area contributed by atoms with Gasteiger partial charge in [-0.3, -0.25) is 4.79 Å². The van der Waals surface area contributed by atoms with E-state index < -0.39 is 26.5 Å². The van der Waals surface area contributed by atoms with Crippen molar-refractivity contribution in [2.45, 2.75) is 43.4 Å². The van der Waals surface area contributed by atoms with E-state index in [2.05, 4.69) is 21.2 Å². The summed E-state index contributed by atoms with van der Waals surface area (Å²) in [4.78, 5) is 12.1. The van der Waals surface area contributed by atoms with E-state index in [1.807, 2.05) is 20.8 Å². The van der Waals surface area contributed by atoms with Crippen LogP contribution in [0.5, 0.6) is 0 Å². The Balaban J connectivity index is 3.04. The van der Waals surface area contributed by atoms with Crippen LogP contribution in [0.25, 0.3) is 0 Å². The lowest BCUT2D eigenvalue weighted by Crippen LogP contribution is -2.47. The summed E-state index contributed by atoms with van der Waals surface area (Å²) in [7, 11) is -3.68. The first-order chi connectivity index (χ1) is 8.54. The van der Waals surface area contributed by atoms with E-state index in [-0.39, 0.29) is 4.90 Å². The molecule has 4 nitrogen and oxygen atoms in total. The lowest BCUT2D eigenvalue weighted by molar-refractivity contribution is -0.121. The standard InChI is InChI=1S/C13H18BrNO3S/c1-9(12(16)15-13(2,3)4)19(17,18)11-7-5-6-10(14)8-11/h5-9H,1-4H3,(H,15,16). The molecule has 106 valence electrons. The fraction of sp³-hybridized carbons (Fsp3) is 0.462. The summed E-state index contributed by atoms with van der Waals surface area (Å²) in [5.74, 6) is -0.493. The molecular weight excluding hydrogens is 330 g/mol. The average Bonchev–Trinajstić information content (AvgIpc) is 2.25. The highest BCUT2D eigenvalue weighted by Gasteiger charge is 2.31. The molecule has 0 saturated heterocycles. The van der Waals surface area contributed by atoms with Gasteiger partial charge in [-0.25, -0.2) is 8.42 Å². The van der Waals surface area contributed by atoms with Gasteiger partial charge in [0.2, 0.25) is 5.91 Å². The summed E-state index contributed by atoms with van der Waals surface area (Å²) in [5.41, 5.74) is -0.460. The van der Waals surface area contributed by atoms with E-state index in [0.29, 0.717) is 4.47 Å². The van der Waals surface area contributed by atoms with E-state index in [9.17, 15) is 13.2 Å². The van der Waals surface area contributed by atoms with Crippen LogP contribution in [0.15, 0.2) is 33.6 Å². The minimum Gasteiger partial charge on any atom is -0.350 e. The van der Waals surface area contributed by atoms with Crippen molar-refractivity contribution in [3.63, 3.8) is 0 Å². The highest BCUT2D eigenvalue weighted by atomic mass is 79.9. The van der Waals surface area contributed by atoms with Crippen molar-refractivity contribution in [1.29, 1.82) is 0 Å². The maximum absolute atomic E-state index is 12.3. The Morgan fingerprint density at radius 3 is 2.37 bits per heavy atom. The van der Waals surface area contributed by atoms with Gasteiger partial charge in [0.25, 0.3) is 0 Å². The molecule has 0 saturated carbocycles. The Hall–Kier alpha value is -0.880. The van der Waals surface area contributed by atoms with Crippen molar-refractivity contribution in [2.75, 3.05) is 0 Å². The first kappa shape index (κ1) is 16.2. The second kappa shape index (κ2) is 5.63. The van der Waals surface area contributed by atoms with Crippen LogP contribution in [0.2, 0.25) is 0 Å². The third-order valence-electron chi connectivity index (χ3n) is 2.46. The third kappa shape index (κ3) is 4.31. The number of nitrogens with one attached hydrogen (secondary N) is 1. The molecular formula is C13H18BrNO3S. The number of halogens is 1. The number of benzene rings is 1. The lowest BCUT2D eigenvalue weighted by atomic mass is 10.1. The van der Waals surface area contributed by atoms with Crippen molar-refractivity contribution < 1.29 is 13.2 Å². The molecule has 0 radical (unpaired) electrons. The average molecular weight is 348 g/mol. The van der Waals surface area contributed by atoms with Gasteiger partial charge in [-0.05, 0) is 45.9 Å². The molecule has 1 rings (SSSR count). The van der Waals surface area contributed by atoms with Crippen molar-refractivity contribution in [3.05, 3.63) is 28.7 Å². The molecule has 1 aromatic rings. The number of hydrogen-bond acceptors (Lipinski definition) is 3. The van der Waals surface area contributed by atoms with Crippen molar-refractivity contribution in [1.82, 2.24) is 5.32 Å². The molecule has 1 amide bonds. The van der Waals surface area contributed by atoms with E-state index in [1.54, 1.807) is 12.1 Å². The van der Waals surface area contributed by atoms with E-state index in [0.717, 1.165) is 0 Å². The second-order valence-corrected chi connectivity index (χ2v) is 8.57. The molecule has 0 aliphatic carbocycles. The molecule has 6 heteroatoms. The number of hydrogen-bond donors (Lipinski definition) is 1. The van der Waals surface area contributed by atoms with Crippen LogP contribution in [0, 0.1) is 0 Å². The number of carbonyl (C=O) groups excluding carboxylic acids is 1. The zero-order chi connectivity index (χ0) is 14.8. The minimum absolute atomic E-state index is 0.137. The third-order valence-corrected chi connectivity index (χ3v) is 5.01. The Kier molecular flexibility index (Phi) is 4.79. The zero-order valence-corrected chi connectivity index (χ0v) is 13.8. The van der Waals surface area contributed by atoms with Crippen molar-refractivity contribution in [3.8, 4) is 0 Å². The van der Waals surface area contributed by atoms with Gasteiger partial charge in [0.05, 0.1) is 4.90 Å². The minimum atomic E-state index is -3.68. The molecule has 0 bridgehead atoms. The lowest BCUT2D eigenvalue weighted by Gasteiger charge is -2.23. The summed E-state index contributed by atoms with van der Waals surface area (Å²) < 4.78 is 25.3. The molecule has 0 spiro atoms. The quantitative estimate of drug-likeness (QED) is 0.913. The molecule has 0 aliphatic heterocycles. The number of sulfone groups is 1. The Morgan fingerprint density at radius 2 is 1.89 bits per heavy atom. The van der Waals surface area contributed by atoms with Crippen LogP contribution in [-0.4, -0.2) is 25.1 Å². The Morgan fingerprint density at radius 1 is 1.32 bits per heavy atom. The second-order valence-electron chi connectivity index (χ2n) is 5.38. The molecule has 0 aliphatic rings. The highest BCUT2D eigenvalue weighted by molar-refractivity contribution is 9.10.